The first-order valence-corrected chi connectivity index (χ1v) is 14.0. The van der Waals surface area contributed by atoms with Crippen LogP contribution < -0.4 is 15.4 Å². The van der Waals surface area contributed by atoms with Gasteiger partial charge in [-0.2, -0.15) is 0 Å². The highest BCUT2D eigenvalue weighted by Crippen LogP contribution is 2.65. The first-order valence-electron chi connectivity index (χ1n) is 14.0. The van der Waals surface area contributed by atoms with Gasteiger partial charge in [-0.15, -0.1) is 0 Å². The van der Waals surface area contributed by atoms with Crippen LogP contribution >= 0.6 is 0 Å². The van der Waals surface area contributed by atoms with Gasteiger partial charge in [0.25, 0.3) is 5.91 Å². The van der Waals surface area contributed by atoms with Crippen LogP contribution in [0.25, 0.3) is 10.9 Å². The number of phenolic OH excluding ortho intramolecular Hbond substituents is 1. The lowest BCUT2D eigenvalue weighted by molar-refractivity contribution is -0.105. The van der Waals surface area contributed by atoms with Crippen LogP contribution in [-0.2, 0) is 16.6 Å². The molecule has 5 atom stereocenters. The van der Waals surface area contributed by atoms with Gasteiger partial charge in [-0.25, -0.2) is 0 Å². The first kappa shape index (κ1) is 22.5. The molecule has 0 radical (unpaired) electrons. The van der Waals surface area contributed by atoms with Gasteiger partial charge in [0.1, 0.15) is 17.6 Å². The third-order valence-corrected chi connectivity index (χ3v) is 10.1. The molecule has 8 rings (SSSR count). The van der Waals surface area contributed by atoms with E-state index in [2.05, 4.69) is 20.5 Å². The van der Waals surface area contributed by atoms with Crippen molar-refractivity contribution in [3.63, 3.8) is 0 Å². The second-order valence-electron chi connectivity index (χ2n) is 11.9. The summed E-state index contributed by atoms with van der Waals surface area (Å²) in [5.74, 6) is 2.01. The molecule has 2 saturated carbocycles. The van der Waals surface area contributed by atoms with E-state index in [9.17, 15) is 14.7 Å². The van der Waals surface area contributed by atoms with Crippen LogP contribution in [0.15, 0.2) is 36.5 Å². The van der Waals surface area contributed by atoms with Crippen LogP contribution in [0.4, 0.5) is 5.69 Å². The number of rotatable bonds is 6. The molecule has 8 nitrogen and oxygen atoms in total. The van der Waals surface area contributed by atoms with Gasteiger partial charge in [0, 0.05) is 52.3 Å². The molecule has 3 aromatic rings. The van der Waals surface area contributed by atoms with Gasteiger partial charge in [-0.1, -0.05) is 18.2 Å². The number of nitrogens with one attached hydrogen (secondary N) is 3. The maximum atomic E-state index is 13.6. The number of hydrogen-bond acceptors (Lipinski definition) is 5. The topological polar surface area (TPSA) is 107 Å². The lowest BCUT2D eigenvalue weighted by Crippen LogP contribution is -2.69. The molecule has 1 spiro atoms. The number of anilines is 1. The number of hydrogen-bond donors (Lipinski definition) is 4. The Bertz CT molecular complexity index is 1480. The number of benzene rings is 2. The summed E-state index contributed by atoms with van der Waals surface area (Å²) in [7, 11) is 0. The van der Waals surface area contributed by atoms with Crippen molar-refractivity contribution < 1.29 is 19.4 Å². The Kier molecular flexibility index (Phi) is 4.72. The zero-order valence-corrected chi connectivity index (χ0v) is 21.2. The van der Waals surface area contributed by atoms with Crippen molar-refractivity contribution in [2.24, 2.45) is 11.8 Å². The van der Waals surface area contributed by atoms with E-state index in [-0.39, 0.29) is 29.2 Å². The van der Waals surface area contributed by atoms with Crippen LogP contribution in [0.2, 0.25) is 0 Å². The van der Waals surface area contributed by atoms with Crippen molar-refractivity contribution in [3.8, 4) is 11.5 Å². The van der Waals surface area contributed by atoms with Crippen molar-refractivity contribution >= 4 is 28.9 Å². The van der Waals surface area contributed by atoms with Crippen LogP contribution in [0.1, 0.15) is 53.6 Å². The second-order valence-corrected chi connectivity index (χ2v) is 11.9. The summed E-state index contributed by atoms with van der Waals surface area (Å²) in [6.45, 7) is 2.13. The molecule has 1 saturated heterocycles. The predicted octanol–water partition coefficient (Wildman–Crippen LogP) is 3.69. The van der Waals surface area contributed by atoms with Crippen molar-refractivity contribution in [1.82, 2.24) is 15.2 Å². The van der Waals surface area contributed by atoms with Crippen molar-refractivity contribution in [3.05, 3.63) is 53.2 Å². The van der Waals surface area contributed by atoms with Gasteiger partial charge in [0.2, 0.25) is 6.41 Å². The number of fused-ring (bicyclic) bond motifs is 1. The number of amides is 2. The molecule has 2 amide bonds. The number of aromatic hydroxyl groups is 1. The number of nitrogens with zero attached hydrogens (tertiary/aromatic N) is 1. The summed E-state index contributed by atoms with van der Waals surface area (Å²) in [5.41, 5.74) is 3.83. The fourth-order valence-electron chi connectivity index (χ4n) is 8.39. The Balaban J connectivity index is 1.20. The summed E-state index contributed by atoms with van der Waals surface area (Å²) < 4.78 is 6.79. The molecule has 2 aliphatic heterocycles. The van der Waals surface area contributed by atoms with Crippen molar-refractivity contribution in [2.45, 2.75) is 62.1 Å². The molecule has 196 valence electrons. The fourth-order valence-corrected chi connectivity index (χ4v) is 8.39. The number of carbonyl (C=O) groups excluding carboxylic acids is 2. The minimum atomic E-state index is -0.290. The summed E-state index contributed by atoms with van der Waals surface area (Å²) in [6, 6.07) is 9.66. The van der Waals surface area contributed by atoms with Gasteiger partial charge < -0.3 is 25.5 Å². The fraction of sp³-hybridized carbons (Fsp3) is 0.467. The van der Waals surface area contributed by atoms with Gasteiger partial charge in [-0.3, -0.25) is 14.5 Å². The Morgan fingerprint density at radius 2 is 2.11 bits per heavy atom. The molecule has 1 aromatic heterocycles. The highest BCUT2D eigenvalue weighted by Gasteiger charge is 2.66. The normalized spacial score (nSPS) is 30.9. The number of aromatic nitrogens is 1. The van der Waals surface area contributed by atoms with E-state index < -0.39 is 0 Å². The number of carbonyl (C=O) groups is 2. The predicted molar refractivity (Wildman–Crippen MR) is 143 cm³/mol. The monoisotopic (exact) mass is 512 g/mol. The Labute approximate surface area is 220 Å². The average molecular weight is 513 g/mol. The van der Waals surface area contributed by atoms with Crippen molar-refractivity contribution in [1.29, 1.82) is 0 Å². The molecule has 3 fully saturated rings. The van der Waals surface area contributed by atoms with Gasteiger partial charge in [0.05, 0.1) is 17.3 Å². The molecular formula is C30H32N4O4. The van der Waals surface area contributed by atoms with E-state index >= 15 is 0 Å². The Hall–Kier alpha value is -3.52. The molecule has 3 heterocycles. The van der Waals surface area contributed by atoms with E-state index in [1.165, 1.54) is 12.8 Å². The Morgan fingerprint density at radius 1 is 1.24 bits per heavy atom. The minimum absolute atomic E-state index is 0.102. The highest BCUT2D eigenvalue weighted by molar-refractivity contribution is 6.06. The molecule has 8 heteroatoms. The zero-order chi connectivity index (χ0) is 25.6. The largest absolute Gasteiger partial charge is 0.508 e. The molecule has 5 aliphatic rings. The molecule has 0 unspecified atom stereocenters. The van der Waals surface area contributed by atoms with E-state index in [4.69, 9.17) is 4.74 Å². The lowest BCUT2D eigenvalue weighted by Gasteiger charge is -2.59. The summed E-state index contributed by atoms with van der Waals surface area (Å²) >= 11 is 0. The summed E-state index contributed by atoms with van der Waals surface area (Å²) in [6.07, 6.45) is 8.37. The number of phenols is 1. The number of piperidine rings is 1. The smallest absolute Gasteiger partial charge is 0.253 e. The quantitative estimate of drug-likeness (QED) is 0.377. The lowest BCUT2D eigenvalue weighted by atomic mass is 9.51. The average Bonchev–Trinajstić information content (AvgIpc) is 3.52. The third-order valence-electron chi connectivity index (χ3n) is 10.1. The van der Waals surface area contributed by atoms with Gasteiger partial charge >= 0.3 is 0 Å². The summed E-state index contributed by atoms with van der Waals surface area (Å²) in [5, 5.41) is 18.2. The van der Waals surface area contributed by atoms with Crippen LogP contribution in [0.5, 0.6) is 11.5 Å². The number of para-hydroxylation sites is 1. The molecule has 38 heavy (non-hydrogen) atoms. The molecular weight excluding hydrogens is 480 g/mol. The molecule has 2 bridgehead atoms. The number of likely N-dealkylation sites (tertiary alicyclic amines) is 1. The number of ether oxygens (including phenoxy) is 1. The van der Waals surface area contributed by atoms with E-state index in [0.717, 1.165) is 66.7 Å². The first-order chi connectivity index (χ1) is 18.6. The third kappa shape index (κ3) is 3.01. The van der Waals surface area contributed by atoms with Crippen LogP contribution in [0.3, 0.4) is 0 Å². The zero-order valence-electron chi connectivity index (χ0n) is 21.2. The van der Waals surface area contributed by atoms with E-state index in [0.29, 0.717) is 35.4 Å². The van der Waals surface area contributed by atoms with Crippen LogP contribution in [0, 0.1) is 11.8 Å². The molecule has 2 aromatic carbocycles. The second kappa shape index (κ2) is 7.99. The van der Waals surface area contributed by atoms with Crippen molar-refractivity contribution in [2.75, 3.05) is 18.4 Å². The number of aromatic amines is 1. The van der Waals surface area contributed by atoms with Crippen LogP contribution in [-0.4, -0.2) is 58.6 Å². The van der Waals surface area contributed by atoms with E-state index in [1.54, 1.807) is 12.3 Å². The van der Waals surface area contributed by atoms with Gasteiger partial charge in [0.15, 0.2) is 0 Å². The molecule has 3 aliphatic carbocycles. The van der Waals surface area contributed by atoms with E-state index in [1.807, 2.05) is 24.3 Å². The highest BCUT2D eigenvalue weighted by atomic mass is 16.5. The number of H-pyrrole nitrogens is 1. The SMILES string of the molecule is O=CNc1cc(O)c2c3c1O[C@H]1[C@H](NC(=O)c4c[nH]c5ccccc45)CC[C@H]4[C@@H](C2)N(CC2CC2)CC[C@@]341. The molecule has 4 N–H and O–H groups in total. The van der Waals surface area contributed by atoms with Gasteiger partial charge in [-0.05, 0) is 63.0 Å². The maximum absolute atomic E-state index is 13.6. The standard InChI is InChI=1S/C30H32N4O4/c35-15-32-23-12-25(36)18-11-24-20-7-8-22(33-29(37)19-13-31-21-4-2-1-3-17(19)21)28-30(20,26(18)27(23)38-28)9-10-34(24)14-16-5-6-16/h1-4,12-13,15-16,20,22,24,28,31,36H,5-11,14H2,(H,32,35)(H,33,37)/t20-,22+,24+,28-,30-/m0/s1. The Morgan fingerprint density at radius 3 is 2.95 bits per heavy atom. The maximum Gasteiger partial charge on any atom is 0.253 e. The minimum Gasteiger partial charge on any atom is -0.508 e. The summed E-state index contributed by atoms with van der Waals surface area (Å²) in [4.78, 5) is 30.9.